The Morgan fingerprint density at radius 2 is 2.00 bits per heavy atom. The van der Waals surface area contributed by atoms with Crippen molar-refractivity contribution in [2.24, 2.45) is 11.1 Å². The van der Waals surface area contributed by atoms with Crippen molar-refractivity contribution >= 4 is 21.9 Å². The van der Waals surface area contributed by atoms with Crippen LogP contribution in [0.25, 0.3) is 0 Å². The monoisotopic (exact) mass is 330 g/mol. The van der Waals surface area contributed by atoms with Crippen LogP contribution in [0.5, 0.6) is 0 Å². The van der Waals surface area contributed by atoms with Crippen molar-refractivity contribution < 1.29 is 27.5 Å². The fraction of sp³-hybridized carbons (Fsp3) is 0.538. The van der Waals surface area contributed by atoms with Crippen molar-refractivity contribution in [3.63, 3.8) is 0 Å². The number of hydrogen-bond donors (Lipinski definition) is 2. The molecule has 0 bridgehead atoms. The zero-order valence-electron chi connectivity index (χ0n) is 12.1. The molecule has 2 heterocycles. The largest absolute Gasteiger partial charge is 0.481 e. The first-order chi connectivity index (χ1) is 10.2. The molecule has 0 saturated carbocycles. The third-order valence-electron chi connectivity index (χ3n) is 3.75. The highest BCUT2D eigenvalue weighted by Crippen LogP contribution is 2.24. The van der Waals surface area contributed by atoms with Crippen molar-refractivity contribution in [2.75, 3.05) is 13.1 Å². The molecule has 22 heavy (non-hydrogen) atoms. The van der Waals surface area contributed by atoms with Crippen molar-refractivity contribution in [3.8, 4) is 0 Å². The number of rotatable bonds is 4. The molecular weight excluding hydrogens is 312 g/mol. The van der Waals surface area contributed by atoms with E-state index in [2.05, 4.69) is 0 Å². The van der Waals surface area contributed by atoms with Gasteiger partial charge in [0.05, 0.1) is 0 Å². The summed E-state index contributed by atoms with van der Waals surface area (Å²) in [7, 11) is -3.93. The van der Waals surface area contributed by atoms with Gasteiger partial charge in [-0.25, -0.2) is 13.6 Å². The van der Waals surface area contributed by atoms with Crippen molar-refractivity contribution in [2.45, 2.75) is 31.1 Å². The normalized spacial score (nSPS) is 16.7. The quantitative estimate of drug-likeness (QED) is 0.829. The predicted octanol–water partition coefficient (Wildman–Crippen LogP) is 0.562. The Morgan fingerprint density at radius 1 is 1.41 bits per heavy atom. The lowest BCUT2D eigenvalue weighted by atomic mass is 9.93. The van der Waals surface area contributed by atoms with Gasteiger partial charge in [0.1, 0.15) is 10.7 Å². The summed E-state index contributed by atoms with van der Waals surface area (Å²) >= 11 is 0. The number of carbonyl (C=O) groups excluding carboxylic acids is 1. The number of carboxylic acid groups (broad SMARTS) is 1. The summed E-state index contributed by atoms with van der Waals surface area (Å²) < 4.78 is 27.9. The summed E-state index contributed by atoms with van der Waals surface area (Å²) in [5.41, 5.74) is 0. The minimum absolute atomic E-state index is 0.0554. The number of hydrogen-bond acceptors (Lipinski definition) is 5. The van der Waals surface area contributed by atoms with Gasteiger partial charge < -0.3 is 14.4 Å². The lowest BCUT2D eigenvalue weighted by Crippen LogP contribution is -2.38. The van der Waals surface area contributed by atoms with Gasteiger partial charge in [0.15, 0.2) is 5.76 Å². The first-order valence-corrected chi connectivity index (χ1v) is 8.37. The van der Waals surface area contributed by atoms with E-state index in [9.17, 15) is 18.0 Å². The molecule has 1 aliphatic rings. The summed E-state index contributed by atoms with van der Waals surface area (Å²) in [6.07, 6.45) is 1.29. The molecule has 1 saturated heterocycles. The number of sulfonamides is 1. The smallest absolute Gasteiger partial charge is 0.303 e. The second kappa shape index (κ2) is 6.09. The fourth-order valence-corrected chi connectivity index (χ4v) is 3.31. The molecule has 8 nitrogen and oxygen atoms in total. The Kier molecular flexibility index (Phi) is 4.57. The molecule has 1 aromatic rings. The molecule has 0 spiro atoms. The van der Waals surface area contributed by atoms with E-state index in [-0.39, 0.29) is 28.8 Å². The van der Waals surface area contributed by atoms with Crippen molar-refractivity contribution in [3.05, 3.63) is 17.6 Å². The molecule has 0 unspecified atom stereocenters. The van der Waals surface area contributed by atoms with Crippen LogP contribution >= 0.6 is 0 Å². The minimum Gasteiger partial charge on any atom is -0.481 e. The molecule has 0 radical (unpaired) electrons. The van der Waals surface area contributed by atoms with Gasteiger partial charge in [0, 0.05) is 25.6 Å². The fourth-order valence-electron chi connectivity index (χ4n) is 2.60. The molecule has 3 N–H and O–H groups in total. The first-order valence-electron chi connectivity index (χ1n) is 6.82. The number of primary sulfonamides is 1. The molecule has 122 valence electrons. The molecule has 1 fully saturated rings. The van der Waals surface area contributed by atoms with Crippen LogP contribution in [0.15, 0.2) is 15.4 Å². The van der Waals surface area contributed by atoms with Crippen LogP contribution in [0.1, 0.15) is 35.6 Å². The van der Waals surface area contributed by atoms with Crippen LogP contribution in [0.3, 0.4) is 0 Å². The summed E-state index contributed by atoms with van der Waals surface area (Å²) in [5, 5.41) is 13.8. The number of piperidine rings is 1. The Balaban J connectivity index is 2.06. The van der Waals surface area contributed by atoms with Gasteiger partial charge in [-0.1, -0.05) is 0 Å². The molecule has 1 amide bonds. The number of aliphatic carboxylic acids is 1. The molecule has 1 aliphatic heterocycles. The standard InChI is InChI=1S/C13H18N2O6S/c1-8-11(22(14,19)20)7-10(21-8)13(18)15-4-2-9(3-5-15)6-12(16)17/h7,9H,2-6H2,1H3,(H,16,17)(H2,14,19,20). The average molecular weight is 330 g/mol. The number of amides is 1. The van der Waals surface area contributed by atoms with Crippen molar-refractivity contribution in [1.29, 1.82) is 0 Å². The van der Waals surface area contributed by atoms with E-state index in [1.54, 1.807) is 0 Å². The Bertz CT molecular complexity index is 685. The average Bonchev–Trinajstić information content (AvgIpc) is 2.80. The summed E-state index contributed by atoms with van der Waals surface area (Å²) in [5.74, 6) is -1.19. The second-order valence-corrected chi connectivity index (χ2v) is 6.94. The van der Waals surface area contributed by atoms with E-state index in [1.165, 1.54) is 11.8 Å². The van der Waals surface area contributed by atoms with Gasteiger partial charge in [-0.15, -0.1) is 0 Å². The first kappa shape index (κ1) is 16.5. The Hall–Kier alpha value is -1.87. The summed E-state index contributed by atoms with van der Waals surface area (Å²) in [4.78, 5) is 24.3. The zero-order chi connectivity index (χ0) is 16.5. The van der Waals surface area contributed by atoms with Crippen LogP contribution in [-0.2, 0) is 14.8 Å². The Morgan fingerprint density at radius 3 is 2.45 bits per heavy atom. The maximum absolute atomic E-state index is 12.3. The number of furan rings is 1. The van der Waals surface area contributed by atoms with Gasteiger partial charge >= 0.3 is 5.97 Å². The van der Waals surface area contributed by atoms with Gasteiger partial charge in [-0.2, -0.15) is 0 Å². The minimum atomic E-state index is -3.93. The predicted molar refractivity (Wildman–Crippen MR) is 75.7 cm³/mol. The molecule has 1 aromatic heterocycles. The van der Waals surface area contributed by atoms with E-state index in [1.807, 2.05) is 0 Å². The second-order valence-electron chi connectivity index (χ2n) is 5.41. The maximum atomic E-state index is 12.3. The molecule has 9 heteroatoms. The number of carbonyl (C=O) groups is 2. The highest BCUT2D eigenvalue weighted by atomic mass is 32.2. The number of aryl methyl sites for hydroxylation is 1. The van der Waals surface area contributed by atoms with Crippen LogP contribution in [0.4, 0.5) is 0 Å². The summed E-state index contributed by atoms with van der Waals surface area (Å²) in [6, 6.07) is 1.14. The van der Waals surface area contributed by atoms with E-state index in [0.29, 0.717) is 25.9 Å². The van der Waals surface area contributed by atoms with Crippen molar-refractivity contribution in [1.82, 2.24) is 4.90 Å². The van der Waals surface area contributed by atoms with E-state index in [0.717, 1.165) is 6.07 Å². The molecule has 0 atom stereocenters. The molecule has 0 aromatic carbocycles. The SMILES string of the molecule is Cc1oc(C(=O)N2CCC(CC(=O)O)CC2)cc1S(N)(=O)=O. The van der Waals surface area contributed by atoms with Crippen LogP contribution < -0.4 is 5.14 Å². The zero-order valence-corrected chi connectivity index (χ0v) is 12.9. The molecule has 2 rings (SSSR count). The number of likely N-dealkylation sites (tertiary alicyclic amines) is 1. The van der Waals surface area contributed by atoms with Gasteiger partial charge in [-0.3, -0.25) is 9.59 Å². The van der Waals surface area contributed by atoms with Crippen LogP contribution in [-0.4, -0.2) is 43.4 Å². The highest BCUT2D eigenvalue weighted by molar-refractivity contribution is 7.89. The van der Waals surface area contributed by atoms with Crippen LogP contribution in [0.2, 0.25) is 0 Å². The van der Waals surface area contributed by atoms with Crippen LogP contribution in [0, 0.1) is 12.8 Å². The van der Waals surface area contributed by atoms with E-state index in [4.69, 9.17) is 14.7 Å². The Labute approximate surface area is 127 Å². The highest BCUT2D eigenvalue weighted by Gasteiger charge is 2.28. The summed E-state index contributed by atoms with van der Waals surface area (Å²) in [6.45, 7) is 2.26. The van der Waals surface area contributed by atoms with E-state index < -0.39 is 21.9 Å². The van der Waals surface area contributed by atoms with Gasteiger partial charge in [0.2, 0.25) is 10.0 Å². The number of carboxylic acids is 1. The lowest BCUT2D eigenvalue weighted by Gasteiger charge is -2.30. The number of nitrogens with zero attached hydrogens (tertiary/aromatic N) is 1. The maximum Gasteiger partial charge on any atom is 0.303 e. The third-order valence-corrected chi connectivity index (χ3v) is 4.77. The molecule has 0 aliphatic carbocycles. The van der Waals surface area contributed by atoms with Gasteiger partial charge in [0.25, 0.3) is 5.91 Å². The third kappa shape index (κ3) is 3.66. The topological polar surface area (TPSA) is 131 Å². The number of nitrogens with two attached hydrogens (primary N) is 1. The lowest BCUT2D eigenvalue weighted by molar-refractivity contribution is -0.138. The van der Waals surface area contributed by atoms with E-state index >= 15 is 0 Å². The molecular formula is C13H18N2O6S. The van der Waals surface area contributed by atoms with Gasteiger partial charge in [-0.05, 0) is 25.7 Å².